The molecular weight excluding hydrogens is 586 g/mol. The number of hydrogen-bond donors (Lipinski definition) is 1. The van der Waals surface area contributed by atoms with Crippen molar-refractivity contribution < 1.29 is 22.7 Å². The fraction of sp³-hybridized carbons (Fsp3) is 0.394. The topological polar surface area (TPSA) is 96.0 Å². The zero-order valence-corrected chi connectivity index (χ0v) is 26.5. The number of ether oxygens (including phenoxy) is 1. The smallest absolute Gasteiger partial charge is 0.264 e. The molecule has 1 aliphatic rings. The van der Waals surface area contributed by atoms with Crippen LogP contribution in [0.1, 0.15) is 56.6 Å². The monoisotopic (exact) mass is 625 g/mol. The van der Waals surface area contributed by atoms with Crippen LogP contribution in [0.25, 0.3) is 0 Å². The summed E-state index contributed by atoms with van der Waals surface area (Å²) in [4.78, 5) is 29.4. The Kier molecular flexibility index (Phi) is 11.1. The highest BCUT2D eigenvalue weighted by Gasteiger charge is 2.34. The molecule has 1 fully saturated rings. The van der Waals surface area contributed by atoms with Gasteiger partial charge < -0.3 is 15.0 Å². The molecule has 3 aromatic carbocycles. The third-order valence-corrected chi connectivity index (χ3v) is 10.0. The summed E-state index contributed by atoms with van der Waals surface area (Å²) >= 11 is 6.49. The number of nitrogens with one attached hydrogen (secondary N) is 1. The third-order valence-electron chi connectivity index (χ3n) is 7.88. The Labute approximate surface area is 260 Å². The number of rotatable bonds is 12. The minimum atomic E-state index is -4.16. The fourth-order valence-corrected chi connectivity index (χ4v) is 7.00. The summed E-state index contributed by atoms with van der Waals surface area (Å²) < 4.78 is 34.4. The molecule has 43 heavy (non-hydrogen) atoms. The van der Waals surface area contributed by atoms with Gasteiger partial charge in [0.1, 0.15) is 18.3 Å². The van der Waals surface area contributed by atoms with Crippen molar-refractivity contribution in [1.82, 2.24) is 10.2 Å². The average Bonchev–Trinajstić information content (AvgIpc) is 3.01. The third kappa shape index (κ3) is 8.09. The average molecular weight is 626 g/mol. The largest absolute Gasteiger partial charge is 0.497 e. The molecule has 0 unspecified atom stereocenters. The second kappa shape index (κ2) is 14.8. The van der Waals surface area contributed by atoms with Gasteiger partial charge in [-0.1, -0.05) is 73.7 Å². The lowest BCUT2D eigenvalue weighted by Gasteiger charge is -2.34. The minimum Gasteiger partial charge on any atom is -0.497 e. The Balaban J connectivity index is 1.71. The van der Waals surface area contributed by atoms with E-state index in [0.29, 0.717) is 28.4 Å². The summed E-state index contributed by atoms with van der Waals surface area (Å²) in [5.74, 6) is -0.210. The number of nitrogens with zero attached hydrogens (tertiary/aromatic N) is 2. The van der Waals surface area contributed by atoms with Crippen molar-refractivity contribution in [3.8, 4) is 5.75 Å². The van der Waals surface area contributed by atoms with E-state index in [0.717, 1.165) is 42.0 Å². The zero-order chi connectivity index (χ0) is 31.0. The summed E-state index contributed by atoms with van der Waals surface area (Å²) in [6.07, 6.45) is 5.41. The molecule has 3 aromatic rings. The number of sulfonamides is 1. The normalized spacial score (nSPS) is 14.5. The molecule has 230 valence electrons. The molecule has 1 N–H and O–H groups in total. The molecule has 0 heterocycles. The highest BCUT2D eigenvalue weighted by molar-refractivity contribution is 7.92. The van der Waals surface area contributed by atoms with Gasteiger partial charge in [0.15, 0.2) is 0 Å². The summed E-state index contributed by atoms with van der Waals surface area (Å²) in [6, 6.07) is 19.4. The van der Waals surface area contributed by atoms with Gasteiger partial charge in [0, 0.05) is 17.6 Å². The maximum absolute atomic E-state index is 14.3. The van der Waals surface area contributed by atoms with Crippen LogP contribution < -0.4 is 14.4 Å². The molecule has 4 rings (SSSR count). The van der Waals surface area contributed by atoms with E-state index in [4.69, 9.17) is 16.3 Å². The van der Waals surface area contributed by atoms with E-state index in [-0.39, 0.29) is 23.4 Å². The van der Waals surface area contributed by atoms with E-state index >= 15 is 0 Å². The standard InChI is InChI=1S/C33H40ClN3O5S/c1-4-31(33(39)35-26-11-6-5-7-12-26)36(22-25-10-8-9-13-30(25)34)32(38)23-37(27-16-18-28(42-3)19-17-27)43(40,41)29-20-14-24(2)15-21-29/h8-10,13-21,26,31H,4-7,11-12,22-23H2,1-3H3,(H,35,39)/t31-/m1/s1. The van der Waals surface area contributed by atoms with Gasteiger partial charge in [0.05, 0.1) is 17.7 Å². The maximum Gasteiger partial charge on any atom is 0.264 e. The van der Waals surface area contributed by atoms with Gasteiger partial charge >= 0.3 is 0 Å². The summed E-state index contributed by atoms with van der Waals surface area (Å²) in [6.45, 7) is 3.26. The fourth-order valence-electron chi connectivity index (χ4n) is 5.39. The van der Waals surface area contributed by atoms with E-state index in [1.54, 1.807) is 54.6 Å². The number of amides is 2. The lowest BCUT2D eigenvalue weighted by atomic mass is 9.95. The second-order valence-electron chi connectivity index (χ2n) is 10.9. The molecule has 0 spiro atoms. The number of hydrogen-bond acceptors (Lipinski definition) is 5. The van der Waals surface area contributed by atoms with Crippen LogP contribution in [0.4, 0.5) is 5.69 Å². The van der Waals surface area contributed by atoms with Gasteiger partial charge in [-0.2, -0.15) is 0 Å². The predicted octanol–water partition coefficient (Wildman–Crippen LogP) is 6.11. The molecule has 1 saturated carbocycles. The van der Waals surface area contributed by atoms with Crippen molar-refractivity contribution >= 4 is 39.1 Å². The second-order valence-corrected chi connectivity index (χ2v) is 13.2. The summed E-state index contributed by atoms with van der Waals surface area (Å²) in [5.41, 5.74) is 1.87. The van der Waals surface area contributed by atoms with Crippen LogP contribution in [0.2, 0.25) is 5.02 Å². The highest BCUT2D eigenvalue weighted by Crippen LogP contribution is 2.28. The highest BCUT2D eigenvalue weighted by atomic mass is 35.5. The van der Waals surface area contributed by atoms with Crippen molar-refractivity contribution in [1.29, 1.82) is 0 Å². The molecule has 0 aromatic heterocycles. The molecule has 1 atom stereocenters. The molecule has 0 bridgehead atoms. The van der Waals surface area contributed by atoms with Crippen LogP contribution in [0.3, 0.4) is 0 Å². The summed E-state index contributed by atoms with van der Waals surface area (Å²) in [7, 11) is -2.63. The van der Waals surface area contributed by atoms with Gasteiger partial charge in [-0.05, 0) is 74.2 Å². The number of halogens is 1. The first-order chi connectivity index (χ1) is 20.6. The number of anilines is 1. The van der Waals surface area contributed by atoms with E-state index in [1.807, 2.05) is 19.9 Å². The molecule has 0 saturated heterocycles. The molecule has 10 heteroatoms. The lowest BCUT2D eigenvalue weighted by Crippen LogP contribution is -2.54. The van der Waals surface area contributed by atoms with Crippen molar-refractivity contribution in [3.63, 3.8) is 0 Å². The Morgan fingerprint density at radius 1 is 0.977 bits per heavy atom. The van der Waals surface area contributed by atoms with Crippen molar-refractivity contribution in [2.45, 2.75) is 75.9 Å². The quantitative estimate of drug-likeness (QED) is 0.262. The number of carbonyl (C=O) groups is 2. The van der Waals surface area contributed by atoms with Gasteiger partial charge in [0.25, 0.3) is 10.0 Å². The summed E-state index contributed by atoms with van der Waals surface area (Å²) in [5, 5.41) is 3.61. The molecule has 1 aliphatic carbocycles. The number of methoxy groups -OCH3 is 1. The van der Waals surface area contributed by atoms with Crippen LogP contribution in [0.5, 0.6) is 5.75 Å². The van der Waals surface area contributed by atoms with Gasteiger partial charge in [-0.15, -0.1) is 0 Å². The van der Waals surface area contributed by atoms with Gasteiger partial charge in [-0.3, -0.25) is 13.9 Å². The number of aryl methyl sites for hydroxylation is 1. The van der Waals surface area contributed by atoms with E-state index < -0.39 is 28.5 Å². The van der Waals surface area contributed by atoms with E-state index in [9.17, 15) is 18.0 Å². The first-order valence-electron chi connectivity index (χ1n) is 14.7. The number of carbonyl (C=O) groups excluding carboxylic acids is 2. The Morgan fingerprint density at radius 2 is 1.63 bits per heavy atom. The SMILES string of the molecule is CC[C@H](C(=O)NC1CCCCC1)N(Cc1ccccc1Cl)C(=O)CN(c1ccc(OC)cc1)S(=O)(=O)c1ccc(C)cc1. The van der Waals surface area contributed by atoms with Crippen molar-refractivity contribution in [2.75, 3.05) is 18.0 Å². The van der Waals surface area contributed by atoms with Crippen LogP contribution in [0.15, 0.2) is 77.7 Å². The van der Waals surface area contributed by atoms with Gasteiger partial charge in [-0.25, -0.2) is 8.42 Å². The maximum atomic E-state index is 14.3. The first-order valence-corrected chi connectivity index (χ1v) is 16.5. The minimum absolute atomic E-state index is 0.0517. The molecule has 0 radical (unpaired) electrons. The molecule has 8 nitrogen and oxygen atoms in total. The Morgan fingerprint density at radius 3 is 2.23 bits per heavy atom. The molecule has 0 aliphatic heterocycles. The van der Waals surface area contributed by atoms with Crippen molar-refractivity contribution in [3.05, 3.63) is 88.9 Å². The Bertz CT molecular complexity index is 1490. The van der Waals surface area contributed by atoms with Crippen molar-refractivity contribution in [2.24, 2.45) is 0 Å². The Hall–Kier alpha value is -3.56. The van der Waals surface area contributed by atoms with E-state index in [2.05, 4.69) is 5.32 Å². The van der Waals surface area contributed by atoms with Crippen LogP contribution in [-0.4, -0.2) is 50.9 Å². The molecule has 2 amide bonds. The first kappa shape index (κ1) is 32.4. The lowest BCUT2D eigenvalue weighted by molar-refractivity contribution is -0.140. The zero-order valence-electron chi connectivity index (χ0n) is 25.0. The van der Waals surface area contributed by atoms with Crippen LogP contribution >= 0.6 is 11.6 Å². The molecular formula is C33H40ClN3O5S. The van der Waals surface area contributed by atoms with Gasteiger partial charge in [0.2, 0.25) is 11.8 Å². The van der Waals surface area contributed by atoms with Crippen LogP contribution in [0, 0.1) is 6.92 Å². The number of benzene rings is 3. The van der Waals surface area contributed by atoms with Crippen LogP contribution in [-0.2, 0) is 26.2 Å². The predicted molar refractivity (Wildman–Crippen MR) is 170 cm³/mol. The van der Waals surface area contributed by atoms with E-state index in [1.165, 1.54) is 24.1 Å².